The van der Waals surface area contributed by atoms with Crippen LogP contribution in [0.4, 0.5) is 0 Å². The Morgan fingerprint density at radius 1 is 0.952 bits per heavy atom. The minimum atomic E-state index is -3.63. The summed E-state index contributed by atoms with van der Waals surface area (Å²) in [5, 5.41) is 0. The Morgan fingerprint density at radius 3 is 2.14 bits per heavy atom. The molecule has 0 atom stereocenters. The first-order chi connectivity index (χ1) is 10.0. The number of rotatable bonds is 5. The van der Waals surface area contributed by atoms with Crippen molar-refractivity contribution in [2.75, 3.05) is 14.2 Å². The van der Waals surface area contributed by atoms with E-state index in [-0.39, 0.29) is 9.80 Å². The molecule has 0 N–H and O–H groups in total. The van der Waals surface area contributed by atoms with Crippen molar-refractivity contribution >= 4 is 14.7 Å². The van der Waals surface area contributed by atoms with Crippen LogP contribution in [0.3, 0.4) is 0 Å². The predicted molar refractivity (Wildman–Crippen MR) is 82.2 cm³/mol. The van der Waals surface area contributed by atoms with E-state index in [0.29, 0.717) is 17.1 Å². The van der Waals surface area contributed by atoms with Crippen molar-refractivity contribution in [3.63, 3.8) is 0 Å². The lowest BCUT2D eigenvalue weighted by molar-refractivity contribution is 0.355. The van der Waals surface area contributed by atoms with Gasteiger partial charge in [-0.3, -0.25) is 0 Å². The number of ether oxygens (including phenoxy) is 2. The molecule has 21 heavy (non-hydrogen) atoms. The van der Waals surface area contributed by atoms with E-state index in [2.05, 4.69) is 6.58 Å². The second kappa shape index (κ2) is 6.01. The van der Waals surface area contributed by atoms with E-state index in [1.54, 1.807) is 48.5 Å². The van der Waals surface area contributed by atoms with E-state index in [9.17, 15) is 8.42 Å². The van der Waals surface area contributed by atoms with E-state index < -0.39 is 9.84 Å². The van der Waals surface area contributed by atoms with E-state index >= 15 is 0 Å². The van der Waals surface area contributed by atoms with Gasteiger partial charge in [-0.15, -0.1) is 0 Å². The third kappa shape index (κ3) is 2.92. The molecule has 4 nitrogen and oxygen atoms in total. The van der Waals surface area contributed by atoms with Gasteiger partial charge < -0.3 is 9.47 Å². The average Bonchev–Trinajstić information content (AvgIpc) is 2.54. The van der Waals surface area contributed by atoms with Crippen molar-refractivity contribution in [1.29, 1.82) is 0 Å². The fraction of sp³-hybridized carbons (Fsp3) is 0.125. The molecule has 0 heterocycles. The molecule has 0 amide bonds. The molecule has 0 saturated heterocycles. The minimum Gasteiger partial charge on any atom is -0.493 e. The van der Waals surface area contributed by atoms with Gasteiger partial charge in [-0.25, -0.2) is 8.42 Å². The molecular formula is C16H16O4S. The SMILES string of the molecule is C=C(c1ccc(OC)c(OC)c1)S(=O)(=O)c1ccccc1. The van der Waals surface area contributed by atoms with Gasteiger partial charge in [-0.05, 0) is 35.9 Å². The Balaban J connectivity index is 2.45. The Bertz CT molecular complexity index is 749. The molecule has 2 aromatic carbocycles. The summed E-state index contributed by atoms with van der Waals surface area (Å²) in [6.45, 7) is 3.72. The van der Waals surface area contributed by atoms with Gasteiger partial charge >= 0.3 is 0 Å². The van der Waals surface area contributed by atoms with Crippen LogP contribution in [0.25, 0.3) is 4.91 Å². The smallest absolute Gasteiger partial charge is 0.206 e. The van der Waals surface area contributed by atoms with Gasteiger partial charge in [-0.1, -0.05) is 24.8 Å². The standard InChI is InChI=1S/C16H16O4S/c1-12(21(17,18)14-7-5-4-6-8-14)13-9-10-15(19-2)16(11-13)20-3/h4-11H,1H2,2-3H3. The van der Waals surface area contributed by atoms with Crippen LogP contribution >= 0.6 is 0 Å². The normalized spacial score (nSPS) is 11.0. The van der Waals surface area contributed by atoms with Gasteiger partial charge in [0.25, 0.3) is 0 Å². The number of sulfone groups is 1. The molecule has 0 aliphatic rings. The first-order valence-corrected chi connectivity index (χ1v) is 7.70. The number of hydrogen-bond donors (Lipinski definition) is 0. The summed E-state index contributed by atoms with van der Waals surface area (Å²) in [6.07, 6.45) is 0. The molecule has 2 aromatic rings. The maximum Gasteiger partial charge on any atom is 0.206 e. The lowest BCUT2D eigenvalue weighted by atomic mass is 10.2. The third-order valence-corrected chi connectivity index (χ3v) is 4.86. The summed E-state index contributed by atoms with van der Waals surface area (Å²) in [5.74, 6) is 0.991. The van der Waals surface area contributed by atoms with Gasteiger partial charge in [0.2, 0.25) is 9.84 Å². The fourth-order valence-electron chi connectivity index (χ4n) is 1.91. The van der Waals surface area contributed by atoms with Crippen molar-refractivity contribution in [3.8, 4) is 11.5 Å². The zero-order valence-electron chi connectivity index (χ0n) is 11.9. The first kappa shape index (κ1) is 15.1. The summed E-state index contributed by atoms with van der Waals surface area (Å²) in [5.41, 5.74) is 0.469. The van der Waals surface area contributed by atoms with Crippen molar-refractivity contribution in [3.05, 3.63) is 60.7 Å². The van der Waals surface area contributed by atoms with Crippen LogP contribution in [0.15, 0.2) is 60.0 Å². The molecule has 110 valence electrons. The van der Waals surface area contributed by atoms with Gasteiger partial charge in [0.1, 0.15) is 0 Å². The highest BCUT2D eigenvalue weighted by Crippen LogP contribution is 2.33. The second-order valence-corrected chi connectivity index (χ2v) is 6.28. The molecule has 0 bridgehead atoms. The Kier molecular flexibility index (Phi) is 4.33. The lowest BCUT2D eigenvalue weighted by Crippen LogP contribution is -2.03. The van der Waals surface area contributed by atoms with E-state index in [1.807, 2.05) is 0 Å². The van der Waals surface area contributed by atoms with Crippen molar-refractivity contribution < 1.29 is 17.9 Å². The van der Waals surface area contributed by atoms with Crippen molar-refractivity contribution in [2.24, 2.45) is 0 Å². The fourth-order valence-corrected chi connectivity index (χ4v) is 3.14. The summed E-state index contributed by atoms with van der Waals surface area (Å²) >= 11 is 0. The highest BCUT2D eigenvalue weighted by atomic mass is 32.2. The Labute approximate surface area is 124 Å². The molecule has 0 aromatic heterocycles. The zero-order chi connectivity index (χ0) is 15.5. The third-order valence-electron chi connectivity index (χ3n) is 3.08. The van der Waals surface area contributed by atoms with Gasteiger partial charge in [-0.2, -0.15) is 0 Å². The maximum absolute atomic E-state index is 12.5. The molecule has 0 aliphatic carbocycles. The van der Waals surface area contributed by atoms with Crippen LogP contribution in [0.5, 0.6) is 11.5 Å². The van der Waals surface area contributed by atoms with E-state index in [1.165, 1.54) is 14.2 Å². The first-order valence-electron chi connectivity index (χ1n) is 6.22. The molecule has 0 aliphatic heterocycles. The summed E-state index contributed by atoms with van der Waals surface area (Å²) in [4.78, 5) is 0.236. The molecule has 0 radical (unpaired) electrons. The minimum absolute atomic E-state index is 0.0228. The number of methoxy groups -OCH3 is 2. The average molecular weight is 304 g/mol. The van der Waals surface area contributed by atoms with Gasteiger partial charge in [0, 0.05) is 0 Å². The summed E-state index contributed by atoms with van der Waals surface area (Å²) in [6, 6.07) is 13.1. The van der Waals surface area contributed by atoms with E-state index in [4.69, 9.17) is 9.47 Å². The quantitative estimate of drug-likeness (QED) is 0.851. The van der Waals surface area contributed by atoms with Crippen LogP contribution in [0.2, 0.25) is 0 Å². The maximum atomic E-state index is 12.5. The topological polar surface area (TPSA) is 52.6 Å². The summed E-state index contributed by atoms with van der Waals surface area (Å²) < 4.78 is 35.4. The molecule has 0 spiro atoms. The monoisotopic (exact) mass is 304 g/mol. The molecule has 0 fully saturated rings. The Hall–Kier alpha value is -2.27. The number of hydrogen-bond acceptors (Lipinski definition) is 4. The van der Waals surface area contributed by atoms with Crippen molar-refractivity contribution in [2.45, 2.75) is 4.90 Å². The van der Waals surface area contributed by atoms with Crippen molar-refractivity contribution in [1.82, 2.24) is 0 Å². The van der Waals surface area contributed by atoms with Crippen LogP contribution in [0, 0.1) is 0 Å². The highest BCUT2D eigenvalue weighted by molar-refractivity contribution is 8.00. The van der Waals surface area contributed by atoms with Crippen LogP contribution in [-0.4, -0.2) is 22.6 Å². The van der Waals surface area contributed by atoms with Crippen LogP contribution in [0.1, 0.15) is 5.56 Å². The molecular weight excluding hydrogens is 288 g/mol. The van der Waals surface area contributed by atoms with Gasteiger partial charge in [0.15, 0.2) is 11.5 Å². The molecule has 5 heteroatoms. The highest BCUT2D eigenvalue weighted by Gasteiger charge is 2.21. The number of benzene rings is 2. The lowest BCUT2D eigenvalue weighted by Gasteiger charge is -2.12. The van der Waals surface area contributed by atoms with Gasteiger partial charge in [0.05, 0.1) is 24.0 Å². The zero-order valence-corrected chi connectivity index (χ0v) is 12.7. The van der Waals surface area contributed by atoms with Crippen LogP contribution in [-0.2, 0) is 9.84 Å². The summed E-state index contributed by atoms with van der Waals surface area (Å²) in [7, 11) is -0.610. The molecule has 2 rings (SSSR count). The van der Waals surface area contributed by atoms with E-state index in [0.717, 1.165) is 0 Å². The molecule has 0 unspecified atom stereocenters. The second-order valence-electron chi connectivity index (χ2n) is 4.31. The Morgan fingerprint density at radius 2 is 1.57 bits per heavy atom. The predicted octanol–water partition coefficient (Wildman–Crippen LogP) is 3.15. The van der Waals surface area contributed by atoms with Crippen LogP contribution < -0.4 is 9.47 Å². The largest absolute Gasteiger partial charge is 0.493 e. The molecule has 0 saturated carbocycles.